The second kappa shape index (κ2) is 8.53. The molecule has 0 radical (unpaired) electrons. The molecular weight excluding hydrogens is 446 g/mol. The number of carbonyl (C=O) groups excluding carboxylic acids is 2. The zero-order chi connectivity index (χ0) is 23.0. The first-order valence-corrected chi connectivity index (χ1v) is 12.4. The van der Waals surface area contributed by atoms with Gasteiger partial charge < -0.3 is 19.4 Å². The molecule has 33 heavy (non-hydrogen) atoms. The predicted molar refractivity (Wildman–Crippen MR) is 123 cm³/mol. The maximum Gasteiger partial charge on any atom is 0.291 e. The van der Waals surface area contributed by atoms with Crippen LogP contribution in [-0.2, 0) is 14.8 Å². The van der Waals surface area contributed by atoms with Gasteiger partial charge in [-0.1, -0.05) is 12.1 Å². The fraction of sp³-hybridized carbons (Fsp3) is 0.304. The third-order valence-corrected chi connectivity index (χ3v) is 7.71. The number of carbonyl (C=O) groups is 2. The number of hydrogen-bond donors (Lipinski definition) is 1. The normalized spacial score (nSPS) is 17.9. The lowest BCUT2D eigenvalue weighted by Gasteiger charge is -2.26. The van der Waals surface area contributed by atoms with E-state index in [0.717, 1.165) is 0 Å². The Labute approximate surface area is 191 Å². The third-order valence-electron chi connectivity index (χ3n) is 5.84. The van der Waals surface area contributed by atoms with Gasteiger partial charge >= 0.3 is 0 Å². The zero-order valence-corrected chi connectivity index (χ0v) is 18.6. The Hall–Kier alpha value is -3.37. The maximum absolute atomic E-state index is 13.1. The standard InChI is InChI=1S/C23H23N3O6S/c27-22(16-6-8-17(9-7-16)26-10-3-15-33(26,29)30)24-20-18-4-1-2-5-19(18)32-21(20)23(28)25-11-13-31-14-12-25/h1-2,4-9H,3,10-15H2,(H,24,27). The van der Waals surface area contributed by atoms with Gasteiger partial charge in [-0.05, 0) is 42.8 Å². The van der Waals surface area contributed by atoms with Gasteiger partial charge in [0.15, 0.2) is 0 Å². The molecule has 0 aliphatic carbocycles. The number of ether oxygens (including phenoxy) is 1. The molecule has 2 saturated heterocycles. The van der Waals surface area contributed by atoms with Crippen LogP contribution in [0.1, 0.15) is 27.3 Å². The van der Waals surface area contributed by atoms with Crippen molar-refractivity contribution >= 4 is 44.2 Å². The van der Waals surface area contributed by atoms with Crippen LogP contribution in [0, 0.1) is 0 Å². The third kappa shape index (κ3) is 4.07. The Morgan fingerprint density at radius 3 is 2.36 bits per heavy atom. The van der Waals surface area contributed by atoms with Crippen LogP contribution >= 0.6 is 0 Å². The van der Waals surface area contributed by atoms with Crippen LogP contribution in [0.2, 0.25) is 0 Å². The molecule has 0 spiro atoms. The molecule has 172 valence electrons. The van der Waals surface area contributed by atoms with Gasteiger partial charge in [0.05, 0.1) is 24.7 Å². The molecule has 2 aliphatic rings. The molecule has 10 heteroatoms. The highest BCUT2D eigenvalue weighted by Gasteiger charge is 2.29. The second-order valence-electron chi connectivity index (χ2n) is 7.95. The SMILES string of the molecule is O=C(Nc1c(C(=O)N2CCOCC2)oc2ccccc12)c1ccc(N2CCCS2(=O)=O)cc1. The number of rotatable bonds is 4. The Morgan fingerprint density at radius 1 is 0.939 bits per heavy atom. The first-order valence-electron chi connectivity index (χ1n) is 10.7. The summed E-state index contributed by atoms with van der Waals surface area (Å²) in [5.74, 6) is -0.526. The number of nitrogens with zero attached hydrogens (tertiary/aromatic N) is 2. The summed E-state index contributed by atoms with van der Waals surface area (Å²) in [7, 11) is -3.30. The molecule has 2 aromatic carbocycles. The van der Waals surface area contributed by atoms with E-state index in [-0.39, 0.29) is 17.4 Å². The van der Waals surface area contributed by atoms with Gasteiger partial charge in [-0.2, -0.15) is 0 Å². The van der Waals surface area contributed by atoms with Gasteiger partial charge in [-0.3, -0.25) is 13.9 Å². The summed E-state index contributed by atoms with van der Waals surface area (Å²) < 4.78 is 36.8. The van der Waals surface area contributed by atoms with Gasteiger partial charge in [0.1, 0.15) is 11.3 Å². The fourth-order valence-corrected chi connectivity index (χ4v) is 5.69. The van der Waals surface area contributed by atoms with Crippen molar-refractivity contribution in [3.05, 3.63) is 59.9 Å². The van der Waals surface area contributed by atoms with Crippen molar-refractivity contribution in [2.24, 2.45) is 0 Å². The molecule has 0 atom stereocenters. The fourth-order valence-electron chi connectivity index (χ4n) is 4.12. The summed E-state index contributed by atoms with van der Waals surface area (Å²) in [6.07, 6.45) is 0.581. The van der Waals surface area contributed by atoms with E-state index in [1.54, 1.807) is 47.4 Å². The number of fused-ring (bicyclic) bond motifs is 1. The van der Waals surface area contributed by atoms with E-state index in [9.17, 15) is 18.0 Å². The molecular formula is C23H23N3O6S. The van der Waals surface area contributed by atoms with E-state index in [1.165, 1.54) is 4.31 Å². The molecule has 1 aromatic heterocycles. The van der Waals surface area contributed by atoms with Crippen molar-refractivity contribution < 1.29 is 27.2 Å². The Morgan fingerprint density at radius 2 is 1.67 bits per heavy atom. The van der Waals surface area contributed by atoms with Crippen LogP contribution in [0.3, 0.4) is 0 Å². The highest BCUT2D eigenvalue weighted by molar-refractivity contribution is 7.93. The number of furan rings is 1. The van der Waals surface area contributed by atoms with Crippen molar-refractivity contribution in [1.82, 2.24) is 4.90 Å². The van der Waals surface area contributed by atoms with Crippen molar-refractivity contribution in [3.63, 3.8) is 0 Å². The largest absolute Gasteiger partial charge is 0.449 e. The number of sulfonamides is 1. The van der Waals surface area contributed by atoms with Gasteiger partial charge in [-0.25, -0.2) is 8.42 Å². The number of para-hydroxylation sites is 1. The topological polar surface area (TPSA) is 109 Å². The van der Waals surface area contributed by atoms with E-state index in [1.807, 2.05) is 6.07 Å². The lowest BCUT2D eigenvalue weighted by molar-refractivity contribution is 0.0285. The van der Waals surface area contributed by atoms with Crippen LogP contribution in [0.15, 0.2) is 52.9 Å². The van der Waals surface area contributed by atoms with Crippen LogP contribution < -0.4 is 9.62 Å². The maximum atomic E-state index is 13.1. The van der Waals surface area contributed by atoms with Crippen molar-refractivity contribution in [1.29, 1.82) is 0 Å². The van der Waals surface area contributed by atoms with Gasteiger partial charge in [0.2, 0.25) is 15.8 Å². The number of anilines is 2. The smallest absolute Gasteiger partial charge is 0.291 e. The molecule has 0 bridgehead atoms. The molecule has 2 amide bonds. The predicted octanol–water partition coefficient (Wildman–Crippen LogP) is 2.70. The minimum atomic E-state index is -3.30. The minimum absolute atomic E-state index is 0.0752. The van der Waals surface area contributed by atoms with E-state index in [4.69, 9.17) is 9.15 Å². The van der Waals surface area contributed by atoms with Crippen LogP contribution in [-0.4, -0.2) is 63.7 Å². The zero-order valence-electron chi connectivity index (χ0n) is 17.8. The van der Waals surface area contributed by atoms with Crippen LogP contribution in [0.4, 0.5) is 11.4 Å². The summed E-state index contributed by atoms with van der Waals surface area (Å²) in [5, 5.41) is 3.46. The second-order valence-corrected chi connectivity index (χ2v) is 9.96. The highest BCUT2D eigenvalue weighted by Crippen LogP contribution is 2.32. The van der Waals surface area contributed by atoms with E-state index in [0.29, 0.717) is 67.2 Å². The average Bonchev–Trinajstić information content (AvgIpc) is 3.38. The molecule has 2 fully saturated rings. The molecule has 3 aromatic rings. The highest BCUT2D eigenvalue weighted by atomic mass is 32.2. The Kier molecular flexibility index (Phi) is 5.55. The summed E-state index contributed by atoms with van der Waals surface area (Å²) >= 11 is 0. The Balaban J connectivity index is 1.42. The number of nitrogens with one attached hydrogen (secondary N) is 1. The van der Waals surface area contributed by atoms with Crippen LogP contribution in [0.25, 0.3) is 11.0 Å². The quantitative estimate of drug-likeness (QED) is 0.629. The molecule has 9 nitrogen and oxygen atoms in total. The molecule has 1 N–H and O–H groups in total. The summed E-state index contributed by atoms with van der Waals surface area (Å²) in [5.41, 5.74) is 1.68. The van der Waals surface area contributed by atoms with Crippen LogP contribution in [0.5, 0.6) is 0 Å². The number of hydrogen-bond acceptors (Lipinski definition) is 6. The summed E-state index contributed by atoms with van der Waals surface area (Å²) in [6, 6.07) is 13.5. The molecule has 3 heterocycles. The monoisotopic (exact) mass is 469 g/mol. The van der Waals surface area contributed by atoms with Crippen molar-refractivity contribution in [2.45, 2.75) is 6.42 Å². The Bertz CT molecular complexity index is 1310. The van der Waals surface area contributed by atoms with Gasteiger partial charge in [0.25, 0.3) is 11.8 Å². The summed E-state index contributed by atoms with van der Waals surface area (Å²) in [6.45, 7) is 2.23. The van der Waals surface area contributed by atoms with E-state index in [2.05, 4.69) is 5.32 Å². The number of morpholine rings is 1. The van der Waals surface area contributed by atoms with E-state index < -0.39 is 15.9 Å². The van der Waals surface area contributed by atoms with E-state index >= 15 is 0 Å². The van der Waals surface area contributed by atoms with Crippen molar-refractivity contribution in [3.8, 4) is 0 Å². The number of benzene rings is 2. The first-order chi connectivity index (χ1) is 15.9. The first kappa shape index (κ1) is 21.5. The molecule has 0 unspecified atom stereocenters. The number of amides is 2. The lowest BCUT2D eigenvalue weighted by Crippen LogP contribution is -2.40. The minimum Gasteiger partial charge on any atom is -0.449 e. The van der Waals surface area contributed by atoms with Gasteiger partial charge in [0, 0.05) is 30.6 Å². The van der Waals surface area contributed by atoms with Gasteiger partial charge in [-0.15, -0.1) is 0 Å². The molecule has 5 rings (SSSR count). The molecule has 2 aliphatic heterocycles. The average molecular weight is 470 g/mol. The lowest BCUT2D eigenvalue weighted by atomic mass is 10.1. The molecule has 0 saturated carbocycles. The summed E-state index contributed by atoms with van der Waals surface area (Å²) in [4.78, 5) is 27.8. The van der Waals surface area contributed by atoms with Crippen molar-refractivity contribution in [2.75, 3.05) is 48.2 Å².